The highest BCUT2D eigenvalue weighted by atomic mass is 32.2. The summed E-state index contributed by atoms with van der Waals surface area (Å²) >= 11 is 0. The van der Waals surface area contributed by atoms with Gasteiger partial charge in [-0.15, -0.1) is 0 Å². The number of hydrogen-bond donors (Lipinski definition) is 1. The van der Waals surface area contributed by atoms with E-state index in [9.17, 15) is 18.0 Å². The Balaban J connectivity index is 1.91. The third kappa shape index (κ3) is 4.60. The summed E-state index contributed by atoms with van der Waals surface area (Å²) in [6, 6.07) is 3.63. The molecule has 0 aromatic carbocycles. The van der Waals surface area contributed by atoms with E-state index in [0.717, 1.165) is 5.56 Å². The summed E-state index contributed by atoms with van der Waals surface area (Å²) in [4.78, 5) is 30.6. The molecule has 26 heavy (non-hydrogen) atoms. The van der Waals surface area contributed by atoms with Gasteiger partial charge >= 0.3 is 0 Å². The van der Waals surface area contributed by atoms with Gasteiger partial charge < -0.3 is 10.2 Å². The standard InChI is InChI=1S/C18H27N3O4S/c1-12(2)26(24,25)14(4)18(23)21-9-7-15(8-10-21)17(22)20-16-6-5-13(3)11-19-16/h5-6,11-12,14-15H,7-10H2,1-4H3,(H,19,20,22). The van der Waals surface area contributed by atoms with Gasteiger partial charge in [0.25, 0.3) is 0 Å². The fourth-order valence-electron chi connectivity index (χ4n) is 2.94. The van der Waals surface area contributed by atoms with Crippen LogP contribution >= 0.6 is 0 Å². The van der Waals surface area contributed by atoms with E-state index in [2.05, 4.69) is 10.3 Å². The topological polar surface area (TPSA) is 96.4 Å². The van der Waals surface area contributed by atoms with E-state index in [0.29, 0.717) is 31.7 Å². The molecular formula is C18H27N3O4S. The number of anilines is 1. The Bertz CT molecular complexity index is 751. The van der Waals surface area contributed by atoms with Crippen LogP contribution in [0.2, 0.25) is 0 Å². The Morgan fingerprint density at radius 2 is 1.81 bits per heavy atom. The highest BCUT2D eigenvalue weighted by Crippen LogP contribution is 2.21. The largest absolute Gasteiger partial charge is 0.342 e. The number of aromatic nitrogens is 1. The molecule has 0 saturated carbocycles. The van der Waals surface area contributed by atoms with Gasteiger partial charge in [-0.1, -0.05) is 6.07 Å². The predicted molar refractivity (Wildman–Crippen MR) is 100 cm³/mol. The first kappa shape index (κ1) is 20.4. The lowest BCUT2D eigenvalue weighted by Gasteiger charge is -2.33. The summed E-state index contributed by atoms with van der Waals surface area (Å²) < 4.78 is 24.4. The van der Waals surface area contributed by atoms with Gasteiger partial charge in [-0.05, 0) is 52.2 Å². The Hall–Kier alpha value is -1.96. The van der Waals surface area contributed by atoms with Crippen LogP contribution in [0.3, 0.4) is 0 Å². The van der Waals surface area contributed by atoms with Crippen molar-refractivity contribution in [2.45, 2.75) is 51.0 Å². The third-order valence-corrected chi connectivity index (χ3v) is 7.34. The molecular weight excluding hydrogens is 354 g/mol. The summed E-state index contributed by atoms with van der Waals surface area (Å²) in [5, 5.41) is 1.15. The van der Waals surface area contributed by atoms with Crippen LogP contribution in [0, 0.1) is 12.8 Å². The Morgan fingerprint density at radius 1 is 1.19 bits per heavy atom. The first-order valence-electron chi connectivity index (χ1n) is 8.88. The molecule has 8 heteroatoms. The molecule has 1 atom stereocenters. The molecule has 7 nitrogen and oxygen atoms in total. The second-order valence-electron chi connectivity index (χ2n) is 7.09. The molecule has 2 amide bonds. The van der Waals surface area contributed by atoms with Crippen molar-refractivity contribution in [3.05, 3.63) is 23.9 Å². The minimum absolute atomic E-state index is 0.115. The van der Waals surface area contributed by atoms with Crippen LogP contribution in [0.15, 0.2) is 18.3 Å². The molecule has 1 saturated heterocycles. The molecule has 1 N–H and O–H groups in total. The van der Waals surface area contributed by atoms with Crippen LogP contribution in [-0.2, 0) is 19.4 Å². The van der Waals surface area contributed by atoms with E-state index < -0.39 is 20.3 Å². The average Bonchev–Trinajstić information content (AvgIpc) is 2.62. The zero-order valence-electron chi connectivity index (χ0n) is 15.7. The number of likely N-dealkylation sites (tertiary alicyclic amines) is 1. The molecule has 0 bridgehead atoms. The van der Waals surface area contributed by atoms with Crippen LogP contribution in [-0.4, -0.2) is 53.7 Å². The summed E-state index contributed by atoms with van der Waals surface area (Å²) in [6.45, 7) is 7.29. The number of pyridine rings is 1. The second kappa shape index (κ2) is 8.16. The second-order valence-corrected chi connectivity index (χ2v) is 9.92. The van der Waals surface area contributed by atoms with Crippen molar-refractivity contribution in [2.24, 2.45) is 5.92 Å². The average molecular weight is 381 g/mol. The summed E-state index contributed by atoms with van der Waals surface area (Å²) in [7, 11) is -3.48. The van der Waals surface area contributed by atoms with Crippen molar-refractivity contribution >= 4 is 27.5 Å². The smallest absolute Gasteiger partial charge is 0.240 e. The van der Waals surface area contributed by atoms with Crippen molar-refractivity contribution in [3.63, 3.8) is 0 Å². The van der Waals surface area contributed by atoms with Crippen molar-refractivity contribution < 1.29 is 18.0 Å². The molecule has 1 aliphatic rings. The maximum absolute atomic E-state index is 12.5. The van der Waals surface area contributed by atoms with Gasteiger partial charge in [-0.2, -0.15) is 0 Å². The van der Waals surface area contributed by atoms with E-state index in [-0.39, 0.29) is 17.7 Å². The molecule has 1 aromatic rings. The monoisotopic (exact) mass is 381 g/mol. The molecule has 2 rings (SSSR count). The number of aryl methyl sites for hydroxylation is 1. The van der Waals surface area contributed by atoms with Crippen LogP contribution < -0.4 is 5.32 Å². The summed E-state index contributed by atoms with van der Waals surface area (Å²) in [6.07, 6.45) is 2.71. The lowest BCUT2D eigenvalue weighted by atomic mass is 9.95. The minimum Gasteiger partial charge on any atom is -0.342 e. The zero-order chi connectivity index (χ0) is 19.5. The molecule has 2 heterocycles. The number of sulfone groups is 1. The maximum atomic E-state index is 12.5. The van der Waals surface area contributed by atoms with Gasteiger partial charge in [-0.3, -0.25) is 9.59 Å². The predicted octanol–water partition coefficient (Wildman–Crippen LogP) is 1.78. The van der Waals surface area contributed by atoms with Crippen molar-refractivity contribution in [1.82, 2.24) is 9.88 Å². The van der Waals surface area contributed by atoms with Gasteiger partial charge in [0.1, 0.15) is 11.1 Å². The molecule has 0 aliphatic carbocycles. The normalized spacial score (nSPS) is 17.2. The lowest BCUT2D eigenvalue weighted by Crippen LogP contribution is -2.48. The van der Waals surface area contributed by atoms with Crippen LogP contribution in [0.5, 0.6) is 0 Å². The first-order chi connectivity index (χ1) is 12.1. The molecule has 0 radical (unpaired) electrons. The van der Waals surface area contributed by atoms with E-state index in [4.69, 9.17) is 0 Å². The van der Waals surface area contributed by atoms with E-state index >= 15 is 0 Å². The number of amides is 2. The number of nitrogens with one attached hydrogen (secondary N) is 1. The zero-order valence-corrected chi connectivity index (χ0v) is 16.5. The SMILES string of the molecule is Cc1ccc(NC(=O)C2CCN(C(=O)C(C)S(=O)(=O)C(C)C)CC2)nc1. The van der Waals surface area contributed by atoms with Crippen molar-refractivity contribution in [3.8, 4) is 0 Å². The Morgan fingerprint density at radius 3 is 2.31 bits per heavy atom. The van der Waals surface area contributed by atoms with Gasteiger partial charge in [-0.25, -0.2) is 13.4 Å². The number of nitrogens with zero attached hydrogens (tertiary/aromatic N) is 2. The number of carbonyl (C=O) groups is 2. The van der Waals surface area contributed by atoms with E-state index in [1.165, 1.54) is 6.92 Å². The lowest BCUT2D eigenvalue weighted by molar-refractivity contribution is -0.133. The minimum atomic E-state index is -3.48. The number of piperidine rings is 1. The third-order valence-electron chi connectivity index (χ3n) is 4.84. The summed E-state index contributed by atoms with van der Waals surface area (Å²) in [5.74, 6) is -0.191. The van der Waals surface area contributed by atoms with Gasteiger partial charge in [0, 0.05) is 25.2 Å². The van der Waals surface area contributed by atoms with Crippen LogP contribution in [0.25, 0.3) is 0 Å². The fraction of sp³-hybridized carbons (Fsp3) is 0.611. The van der Waals surface area contributed by atoms with Gasteiger partial charge in [0.15, 0.2) is 9.84 Å². The Labute approximate surface area is 155 Å². The molecule has 1 aliphatic heterocycles. The van der Waals surface area contributed by atoms with E-state index in [1.807, 2.05) is 13.0 Å². The highest BCUT2D eigenvalue weighted by Gasteiger charge is 2.36. The van der Waals surface area contributed by atoms with E-state index in [1.54, 1.807) is 31.0 Å². The Kier molecular flexibility index (Phi) is 6.39. The number of carbonyl (C=O) groups excluding carboxylic acids is 2. The fourth-order valence-corrected chi connectivity index (χ4v) is 4.18. The molecule has 1 fully saturated rings. The van der Waals surface area contributed by atoms with Crippen molar-refractivity contribution in [1.29, 1.82) is 0 Å². The maximum Gasteiger partial charge on any atom is 0.240 e. The molecule has 1 aromatic heterocycles. The highest BCUT2D eigenvalue weighted by molar-refractivity contribution is 7.93. The number of rotatable bonds is 5. The van der Waals surface area contributed by atoms with Gasteiger partial charge in [0.05, 0.1) is 5.25 Å². The molecule has 0 spiro atoms. The van der Waals surface area contributed by atoms with Crippen LogP contribution in [0.4, 0.5) is 5.82 Å². The van der Waals surface area contributed by atoms with Gasteiger partial charge in [0.2, 0.25) is 11.8 Å². The number of hydrogen-bond acceptors (Lipinski definition) is 5. The quantitative estimate of drug-likeness (QED) is 0.839. The van der Waals surface area contributed by atoms with Crippen molar-refractivity contribution in [2.75, 3.05) is 18.4 Å². The van der Waals surface area contributed by atoms with Crippen LogP contribution in [0.1, 0.15) is 39.2 Å². The summed E-state index contributed by atoms with van der Waals surface area (Å²) in [5.41, 5.74) is 1.01. The molecule has 1 unspecified atom stereocenters. The molecule has 144 valence electrons. The first-order valence-corrected chi connectivity index (χ1v) is 10.5.